The van der Waals surface area contributed by atoms with E-state index < -0.39 is 0 Å². The highest BCUT2D eigenvalue weighted by Gasteiger charge is 2.51. The molecule has 2 heterocycles. The molecule has 3 heteroatoms. The topological polar surface area (TPSA) is 13.1 Å². The third-order valence-electron chi connectivity index (χ3n) is 14.8. The number of fused-ring (bicyclic) bond motifs is 6. The van der Waals surface area contributed by atoms with E-state index in [1.807, 2.05) is 0 Å². The highest BCUT2D eigenvalue weighted by Crippen LogP contribution is 2.61. The lowest BCUT2D eigenvalue weighted by Gasteiger charge is -2.57. The van der Waals surface area contributed by atoms with Gasteiger partial charge in [0, 0.05) is 44.6 Å². The maximum atomic E-state index is 2.48. The summed E-state index contributed by atoms with van der Waals surface area (Å²) in [5, 5.41) is 6.25. The number of anilines is 3. The fraction of sp³-hybridized carbons (Fsp3) is 0.172. The Labute approximate surface area is 357 Å². The Morgan fingerprint density at radius 3 is 1.54 bits per heavy atom. The van der Waals surface area contributed by atoms with Crippen LogP contribution in [-0.2, 0) is 5.41 Å². The van der Waals surface area contributed by atoms with Crippen LogP contribution in [-0.4, -0.2) is 9.13 Å². The highest BCUT2D eigenvalue weighted by atomic mass is 15.1. The molecule has 0 atom stereocenters. The predicted molar refractivity (Wildman–Crippen MR) is 255 cm³/mol. The second-order valence-electron chi connectivity index (χ2n) is 18.4. The van der Waals surface area contributed by atoms with Crippen LogP contribution in [0.25, 0.3) is 66.1 Å². The molecule has 3 nitrogen and oxygen atoms in total. The smallest absolute Gasteiger partial charge is 0.131 e. The van der Waals surface area contributed by atoms with Gasteiger partial charge in [-0.25, -0.2) is 0 Å². The van der Waals surface area contributed by atoms with Crippen molar-refractivity contribution in [1.29, 1.82) is 0 Å². The van der Waals surface area contributed by atoms with Crippen molar-refractivity contribution in [2.24, 2.45) is 17.8 Å². The van der Waals surface area contributed by atoms with Crippen LogP contribution < -0.4 is 4.90 Å². The van der Waals surface area contributed by atoms with Gasteiger partial charge in [0.1, 0.15) is 5.65 Å². The molecule has 0 aliphatic heterocycles. The van der Waals surface area contributed by atoms with Crippen molar-refractivity contribution in [3.05, 3.63) is 200 Å². The first-order chi connectivity index (χ1) is 30.2. The van der Waals surface area contributed by atoms with Gasteiger partial charge in [0.15, 0.2) is 0 Å². The van der Waals surface area contributed by atoms with Crippen molar-refractivity contribution < 1.29 is 0 Å². The lowest BCUT2D eigenvalue weighted by atomic mass is 9.48. The van der Waals surface area contributed by atoms with Gasteiger partial charge in [0.2, 0.25) is 0 Å². The molecule has 2 aromatic heterocycles. The fourth-order valence-corrected chi connectivity index (χ4v) is 12.6. The maximum Gasteiger partial charge on any atom is 0.131 e. The Balaban J connectivity index is 0.934. The first-order valence-corrected chi connectivity index (χ1v) is 22.3. The summed E-state index contributed by atoms with van der Waals surface area (Å²) in [5.41, 5.74) is 13.9. The molecule has 4 saturated carbocycles. The third kappa shape index (κ3) is 5.56. The van der Waals surface area contributed by atoms with Crippen LogP contribution in [0.15, 0.2) is 194 Å². The van der Waals surface area contributed by atoms with Crippen LogP contribution in [0, 0.1) is 17.8 Å². The summed E-state index contributed by atoms with van der Waals surface area (Å²) in [6.45, 7) is 0. The molecule has 4 aliphatic carbocycles. The molecule has 61 heavy (non-hydrogen) atoms. The first kappa shape index (κ1) is 35.0. The van der Waals surface area contributed by atoms with Gasteiger partial charge < -0.3 is 4.90 Å². The molecule has 4 fully saturated rings. The average molecular weight is 786 g/mol. The largest absolute Gasteiger partial charge is 0.310 e. The molecule has 294 valence electrons. The van der Waals surface area contributed by atoms with Gasteiger partial charge in [-0.2, -0.15) is 0 Å². The fourth-order valence-electron chi connectivity index (χ4n) is 12.6. The quantitative estimate of drug-likeness (QED) is 0.157. The Hall–Kier alpha value is -6.84. The van der Waals surface area contributed by atoms with Crippen LogP contribution >= 0.6 is 0 Å². The lowest BCUT2D eigenvalue weighted by molar-refractivity contribution is -0.00518. The van der Waals surface area contributed by atoms with E-state index in [0.717, 1.165) is 40.5 Å². The zero-order valence-electron chi connectivity index (χ0n) is 34.3. The van der Waals surface area contributed by atoms with Gasteiger partial charge in [0.25, 0.3) is 0 Å². The predicted octanol–water partition coefficient (Wildman–Crippen LogP) is 15.5. The number of para-hydroxylation sites is 3. The number of hydrogen-bond acceptors (Lipinski definition) is 1. The molecular formula is C58H47N3. The minimum absolute atomic E-state index is 0.377. The summed E-state index contributed by atoms with van der Waals surface area (Å²) in [5.74, 6) is 2.79. The van der Waals surface area contributed by atoms with E-state index in [4.69, 9.17) is 0 Å². The van der Waals surface area contributed by atoms with Crippen molar-refractivity contribution >= 4 is 60.7 Å². The molecule has 10 aromatic rings. The van der Waals surface area contributed by atoms with Gasteiger partial charge in [-0.05, 0) is 162 Å². The highest BCUT2D eigenvalue weighted by molar-refractivity contribution is 6.22. The van der Waals surface area contributed by atoms with E-state index in [1.54, 1.807) is 5.56 Å². The van der Waals surface area contributed by atoms with Gasteiger partial charge in [-0.3, -0.25) is 9.13 Å². The summed E-state index contributed by atoms with van der Waals surface area (Å²) in [6.07, 6.45) is 8.56. The van der Waals surface area contributed by atoms with E-state index in [1.165, 1.54) is 99.0 Å². The summed E-state index contributed by atoms with van der Waals surface area (Å²) in [6, 6.07) is 72.1. The summed E-state index contributed by atoms with van der Waals surface area (Å²) < 4.78 is 4.91. The first-order valence-electron chi connectivity index (χ1n) is 22.3. The van der Waals surface area contributed by atoms with Crippen LogP contribution in [0.1, 0.15) is 44.1 Å². The van der Waals surface area contributed by atoms with E-state index in [0.29, 0.717) is 5.41 Å². The minimum atomic E-state index is 0.377. The molecule has 0 spiro atoms. The van der Waals surface area contributed by atoms with Crippen molar-refractivity contribution in [1.82, 2.24) is 9.13 Å². The number of benzene rings is 8. The Morgan fingerprint density at radius 1 is 0.410 bits per heavy atom. The molecule has 0 amide bonds. The normalized spacial score (nSPS) is 20.6. The Kier molecular flexibility index (Phi) is 7.79. The van der Waals surface area contributed by atoms with E-state index >= 15 is 0 Å². The SMILES string of the molecule is c1ccc(-c2ccc(N(c3ccc(C45CC6CC(CC(C6)C4)C5)cc3)c3ccc4cc(-n5c6ccccc6c6c7ccccc7n(-c7ccccc7)c65)ccc4c3)cc2)cc1. The second-order valence-corrected chi connectivity index (χ2v) is 18.4. The number of rotatable bonds is 7. The van der Waals surface area contributed by atoms with Crippen molar-refractivity contribution in [2.45, 2.75) is 43.9 Å². The molecule has 8 aromatic carbocycles. The number of aromatic nitrogens is 2. The monoisotopic (exact) mass is 785 g/mol. The standard InChI is InChI=1S/C58H47N3/c1-3-11-42(12-4-1)43-19-25-48(26-20-43)59(49-29-23-46(24-30-49)58-36-39-31-40(37-58)33-41(32-39)38-58)50-27-21-45-35-51(28-22-44(45)34-50)61-55-18-10-8-16-53(55)56-52-15-7-9-17-54(52)60(57(56)61)47-13-5-2-6-14-47/h1-30,34-35,39-41H,31-33,36-38H2. The maximum absolute atomic E-state index is 2.48. The summed E-state index contributed by atoms with van der Waals surface area (Å²) in [4.78, 5) is 2.45. The van der Waals surface area contributed by atoms with Gasteiger partial charge >= 0.3 is 0 Å². The van der Waals surface area contributed by atoms with Crippen molar-refractivity contribution in [3.63, 3.8) is 0 Å². The van der Waals surface area contributed by atoms with E-state index in [9.17, 15) is 0 Å². The third-order valence-corrected chi connectivity index (χ3v) is 14.8. The minimum Gasteiger partial charge on any atom is -0.310 e. The van der Waals surface area contributed by atoms with Crippen molar-refractivity contribution in [2.75, 3.05) is 4.90 Å². The van der Waals surface area contributed by atoms with Gasteiger partial charge in [-0.1, -0.05) is 121 Å². The van der Waals surface area contributed by atoms with Crippen LogP contribution in [0.4, 0.5) is 17.1 Å². The molecule has 0 radical (unpaired) electrons. The molecule has 0 saturated heterocycles. The Bertz CT molecular complexity index is 3230. The molecule has 0 N–H and O–H groups in total. The second kappa shape index (κ2) is 13.6. The molecule has 14 rings (SSSR count). The summed E-state index contributed by atoms with van der Waals surface area (Å²) in [7, 11) is 0. The zero-order valence-corrected chi connectivity index (χ0v) is 34.3. The average Bonchev–Trinajstić information content (AvgIpc) is 3.82. The lowest BCUT2D eigenvalue weighted by Crippen LogP contribution is -2.48. The molecule has 4 aliphatic rings. The van der Waals surface area contributed by atoms with E-state index in [2.05, 4.69) is 208 Å². The van der Waals surface area contributed by atoms with Crippen LogP contribution in [0.5, 0.6) is 0 Å². The molecule has 0 unspecified atom stereocenters. The van der Waals surface area contributed by atoms with E-state index in [-0.39, 0.29) is 0 Å². The number of hydrogen-bond donors (Lipinski definition) is 0. The van der Waals surface area contributed by atoms with Gasteiger partial charge in [0.05, 0.1) is 11.0 Å². The Morgan fingerprint density at radius 2 is 0.902 bits per heavy atom. The van der Waals surface area contributed by atoms with Crippen LogP contribution in [0.3, 0.4) is 0 Å². The zero-order chi connectivity index (χ0) is 40.1. The number of nitrogens with zero attached hydrogens (tertiary/aromatic N) is 3. The summed E-state index contributed by atoms with van der Waals surface area (Å²) >= 11 is 0. The van der Waals surface area contributed by atoms with Crippen molar-refractivity contribution in [3.8, 4) is 22.5 Å². The molecule has 4 bridgehead atoms. The van der Waals surface area contributed by atoms with Crippen LogP contribution in [0.2, 0.25) is 0 Å². The van der Waals surface area contributed by atoms with Gasteiger partial charge in [-0.15, -0.1) is 0 Å². The molecular weight excluding hydrogens is 739 g/mol.